The second-order valence-corrected chi connectivity index (χ2v) is 5.86. The molecule has 0 radical (unpaired) electrons. The Labute approximate surface area is 120 Å². The van der Waals surface area contributed by atoms with E-state index in [-0.39, 0.29) is 0 Å². The summed E-state index contributed by atoms with van der Waals surface area (Å²) in [7, 11) is 0. The van der Waals surface area contributed by atoms with Crippen molar-refractivity contribution in [3.8, 4) is 0 Å². The molecule has 20 heavy (non-hydrogen) atoms. The van der Waals surface area contributed by atoms with Crippen LogP contribution in [0.4, 0.5) is 8.78 Å². The maximum atomic E-state index is 13.8. The molecule has 1 atom stereocenters. The summed E-state index contributed by atoms with van der Waals surface area (Å²) in [5.74, 6) is -0.302. The highest BCUT2D eigenvalue weighted by Crippen LogP contribution is 2.27. The molecule has 1 fully saturated rings. The molecule has 1 aliphatic rings. The van der Waals surface area contributed by atoms with Gasteiger partial charge in [0.15, 0.2) is 0 Å². The number of halogens is 2. The molecule has 1 aromatic rings. The molecule has 1 aromatic carbocycles. The van der Waals surface area contributed by atoms with Crippen LogP contribution in [0.2, 0.25) is 0 Å². The van der Waals surface area contributed by atoms with Crippen LogP contribution in [0, 0.1) is 17.6 Å². The van der Waals surface area contributed by atoms with Crippen LogP contribution in [0.3, 0.4) is 0 Å². The molecule has 1 saturated carbocycles. The van der Waals surface area contributed by atoms with Gasteiger partial charge in [0.1, 0.15) is 11.6 Å². The summed E-state index contributed by atoms with van der Waals surface area (Å²) in [5.41, 5.74) is 0.626. The van der Waals surface area contributed by atoms with Gasteiger partial charge in [-0.2, -0.15) is 0 Å². The topological polar surface area (TPSA) is 12.0 Å². The summed E-state index contributed by atoms with van der Waals surface area (Å²) in [6.45, 7) is 2.98. The van der Waals surface area contributed by atoms with Crippen molar-refractivity contribution in [1.82, 2.24) is 5.32 Å². The molecule has 2 rings (SSSR count). The van der Waals surface area contributed by atoms with Crippen molar-refractivity contribution in [3.63, 3.8) is 0 Å². The van der Waals surface area contributed by atoms with E-state index in [4.69, 9.17) is 0 Å². The monoisotopic (exact) mass is 281 g/mol. The zero-order chi connectivity index (χ0) is 14.4. The smallest absolute Gasteiger partial charge is 0.129 e. The molecule has 0 aliphatic heterocycles. The first-order valence-corrected chi connectivity index (χ1v) is 7.88. The highest BCUT2D eigenvalue weighted by Gasteiger charge is 2.23. The van der Waals surface area contributed by atoms with E-state index < -0.39 is 11.6 Å². The Morgan fingerprint density at radius 3 is 2.45 bits per heavy atom. The van der Waals surface area contributed by atoms with Crippen LogP contribution in [-0.2, 0) is 6.42 Å². The molecule has 0 heterocycles. The lowest BCUT2D eigenvalue weighted by Gasteiger charge is -2.27. The normalized spacial score (nSPS) is 18.8. The fraction of sp³-hybridized carbons (Fsp3) is 0.647. The van der Waals surface area contributed by atoms with Gasteiger partial charge in [0.25, 0.3) is 0 Å². The number of likely N-dealkylation sites (N-methyl/N-ethyl adjacent to an activating group) is 1. The Bertz CT molecular complexity index is 411. The lowest BCUT2D eigenvalue weighted by molar-refractivity contribution is 0.319. The van der Waals surface area contributed by atoms with Crippen LogP contribution >= 0.6 is 0 Å². The molecule has 112 valence electrons. The minimum atomic E-state index is -0.499. The van der Waals surface area contributed by atoms with E-state index in [0.29, 0.717) is 23.9 Å². The molecule has 1 aliphatic carbocycles. The average Bonchev–Trinajstić information content (AvgIpc) is 2.70. The number of rotatable bonds is 5. The predicted octanol–water partition coefficient (Wildman–Crippen LogP) is 4.46. The number of nitrogens with one attached hydrogen (secondary N) is 1. The van der Waals surface area contributed by atoms with Gasteiger partial charge < -0.3 is 5.32 Å². The lowest BCUT2D eigenvalue weighted by Crippen LogP contribution is -2.38. The van der Waals surface area contributed by atoms with Gasteiger partial charge in [-0.15, -0.1) is 0 Å². The van der Waals surface area contributed by atoms with Gasteiger partial charge in [0.05, 0.1) is 0 Å². The molecule has 0 bridgehead atoms. The van der Waals surface area contributed by atoms with Crippen molar-refractivity contribution in [2.75, 3.05) is 6.54 Å². The first-order valence-electron chi connectivity index (χ1n) is 7.88. The molecule has 1 nitrogen and oxygen atoms in total. The summed E-state index contributed by atoms with van der Waals surface area (Å²) in [6, 6.07) is 4.24. The molecule has 0 saturated heterocycles. The van der Waals surface area contributed by atoms with E-state index in [9.17, 15) is 8.78 Å². The van der Waals surface area contributed by atoms with E-state index in [1.165, 1.54) is 44.6 Å². The number of hydrogen-bond acceptors (Lipinski definition) is 1. The summed E-state index contributed by atoms with van der Waals surface area (Å²) in [6.07, 6.45) is 8.29. The van der Waals surface area contributed by atoms with E-state index in [0.717, 1.165) is 12.6 Å². The molecular formula is C17H25F2N. The third-order valence-electron chi connectivity index (χ3n) is 4.39. The SMILES string of the molecule is CCNC(Cc1ccc(F)cc1F)C1CCCCCC1. The molecule has 0 amide bonds. The van der Waals surface area contributed by atoms with Crippen molar-refractivity contribution >= 4 is 0 Å². The maximum Gasteiger partial charge on any atom is 0.129 e. The Balaban J connectivity index is 2.07. The standard InChI is InChI=1S/C17H25F2N/c1-2-20-17(13-7-5-3-4-6-8-13)11-14-9-10-15(18)12-16(14)19/h9-10,12-13,17,20H,2-8,11H2,1H3. The summed E-state index contributed by atoms with van der Waals surface area (Å²) in [4.78, 5) is 0. The van der Waals surface area contributed by atoms with Gasteiger partial charge in [-0.3, -0.25) is 0 Å². The van der Waals surface area contributed by atoms with Crippen LogP contribution < -0.4 is 5.32 Å². The fourth-order valence-electron chi connectivity index (χ4n) is 3.31. The van der Waals surface area contributed by atoms with Crippen LogP contribution in [0.25, 0.3) is 0 Å². The van der Waals surface area contributed by atoms with Crippen molar-refractivity contribution in [1.29, 1.82) is 0 Å². The Morgan fingerprint density at radius 1 is 1.15 bits per heavy atom. The van der Waals surface area contributed by atoms with E-state index in [1.54, 1.807) is 6.07 Å². The molecule has 3 heteroatoms. The zero-order valence-corrected chi connectivity index (χ0v) is 12.3. The van der Waals surface area contributed by atoms with Crippen molar-refractivity contribution < 1.29 is 8.78 Å². The summed E-state index contributed by atoms with van der Waals surface area (Å²) in [5, 5.41) is 3.51. The van der Waals surface area contributed by atoms with Crippen molar-refractivity contribution in [2.24, 2.45) is 5.92 Å². The van der Waals surface area contributed by atoms with Crippen LogP contribution in [0.1, 0.15) is 51.0 Å². The fourth-order valence-corrected chi connectivity index (χ4v) is 3.31. The van der Waals surface area contributed by atoms with Crippen molar-refractivity contribution in [3.05, 3.63) is 35.4 Å². The first-order chi connectivity index (χ1) is 9.70. The van der Waals surface area contributed by atoms with E-state index in [1.807, 2.05) is 0 Å². The van der Waals surface area contributed by atoms with Crippen LogP contribution in [-0.4, -0.2) is 12.6 Å². The zero-order valence-electron chi connectivity index (χ0n) is 12.3. The summed E-state index contributed by atoms with van der Waals surface area (Å²) >= 11 is 0. The highest BCUT2D eigenvalue weighted by atomic mass is 19.1. The molecule has 1 unspecified atom stereocenters. The molecule has 0 spiro atoms. The lowest BCUT2D eigenvalue weighted by atomic mass is 9.87. The molecule has 0 aromatic heterocycles. The molecule has 1 N–H and O–H groups in total. The van der Waals surface area contributed by atoms with Gasteiger partial charge in [-0.25, -0.2) is 8.78 Å². The van der Waals surface area contributed by atoms with Crippen LogP contribution in [0.15, 0.2) is 18.2 Å². The predicted molar refractivity (Wildman–Crippen MR) is 78.7 cm³/mol. The summed E-state index contributed by atoms with van der Waals surface area (Å²) < 4.78 is 26.8. The second-order valence-electron chi connectivity index (χ2n) is 5.86. The Hall–Kier alpha value is -0.960. The van der Waals surface area contributed by atoms with Gasteiger partial charge in [-0.05, 0) is 43.4 Å². The highest BCUT2D eigenvalue weighted by molar-refractivity contribution is 5.20. The van der Waals surface area contributed by atoms with Crippen molar-refractivity contribution in [2.45, 2.75) is 57.9 Å². The van der Waals surface area contributed by atoms with E-state index >= 15 is 0 Å². The van der Waals surface area contributed by atoms with Gasteiger partial charge in [0, 0.05) is 12.1 Å². The first kappa shape index (κ1) is 15.4. The van der Waals surface area contributed by atoms with Gasteiger partial charge in [-0.1, -0.05) is 38.7 Å². The quantitative estimate of drug-likeness (QED) is 0.786. The van der Waals surface area contributed by atoms with Crippen LogP contribution in [0.5, 0.6) is 0 Å². The minimum absolute atomic E-state index is 0.304. The number of hydrogen-bond donors (Lipinski definition) is 1. The van der Waals surface area contributed by atoms with E-state index in [2.05, 4.69) is 12.2 Å². The van der Waals surface area contributed by atoms with Gasteiger partial charge >= 0.3 is 0 Å². The molecular weight excluding hydrogens is 256 g/mol. The van der Waals surface area contributed by atoms with Gasteiger partial charge in [0.2, 0.25) is 0 Å². The average molecular weight is 281 g/mol. The Kier molecular flexibility index (Phi) is 5.96. The maximum absolute atomic E-state index is 13.8. The largest absolute Gasteiger partial charge is 0.314 e. The Morgan fingerprint density at radius 2 is 1.85 bits per heavy atom. The minimum Gasteiger partial charge on any atom is -0.314 e. The third kappa shape index (κ3) is 4.27. The number of benzene rings is 1. The third-order valence-corrected chi connectivity index (χ3v) is 4.39. The second kappa shape index (κ2) is 7.72.